The van der Waals surface area contributed by atoms with Crippen molar-refractivity contribution in [2.75, 3.05) is 6.54 Å². The zero-order valence-corrected chi connectivity index (χ0v) is 10.5. The first kappa shape index (κ1) is 12.4. The quantitative estimate of drug-likeness (QED) is 0.803. The van der Waals surface area contributed by atoms with E-state index in [0.29, 0.717) is 6.54 Å². The maximum absolute atomic E-state index is 11.9. The van der Waals surface area contributed by atoms with Crippen LogP contribution in [0.1, 0.15) is 24.4 Å². The van der Waals surface area contributed by atoms with Crippen molar-refractivity contribution < 1.29 is 14.7 Å². The third kappa shape index (κ3) is 2.16. The van der Waals surface area contributed by atoms with E-state index in [1.54, 1.807) is 4.90 Å². The van der Waals surface area contributed by atoms with Gasteiger partial charge in [0, 0.05) is 36.6 Å². The van der Waals surface area contributed by atoms with Crippen LogP contribution in [-0.2, 0) is 16.1 Å². The highest BCUT2D eigenvalue weighted by Gasteiger charge is 2.27. The van der Waals surface area contributed by atoms with Gasteiger partial charge in [-0.1, -0.05) is 0 Å². The minimum atomic E-state index is -1.10. The Kier molecular flexibility index (Phi) is 3.23. The highest BCUT2D eigenvalue weighted by Crippen LogP contribution is 2.27. The minimum Gasteiger partial charge on any atom is -0.478 e. The number of aromatic nitrogens is 1. The number of carbonyl (C=O) groups is 2. The standard InChI is InChI=1S/C13H16N2O3/c1-9-3-4-11-10(2)15(8-7-14(9)11)12(16)5-6-13(17)18/h3-6,10H,7-8H2,1-2H3,(H,17,18)/b6-5+. The number of aryl methyl sites for hydroxylation is 1. The number of carboxylic acid groups (broad SMARTS) is 1. The van der Waals surface area contributed by atoms with Crippen molar-refractivity contribution in [1.29, 1.82) is 0 Å². The number of nitrogens with zero attached hydrogens (tertiary/aromatic N) is 2. The van der Waals surface area contributed by atoms with Crippen molar-refractivity contribution in [3.63, 3.8) is 0 Å². The Balaban J connectivity index is 2.19. The average molecular weight is 248 g/mol. The lowest BCUT2D eigenvalue weighted by atomic mass is 10.1. The first-order valence-electron chi connectivity index (χ1n) is 5.88. The van der Waals surface area contributed by atoms with Gasteiger partial charge in [-0.15, -0.1) is 0 Å². The van der Waals surface area contributed by atoms with Gasteiger partial charge in [0.1, 0.15) is 0 Å². The molecule has 5 nitrogen and oxygen atoms in total. The Morgan fingerprint density at radius 2 is 2.06 bits per heavy atom. The molecule has 0 spiro atoms. The summed E-state index contributed by atoms with van der Waals surface area (Å²) in [6.45, 7) is 5.35. The van der Waals surface area contributed by atoms with E-state index < -0.39 is 5.97 Å². The number of hydrogen-bond donors (Lipinski definition) is 1. The number of rotatable bonds is 2. The summed E-state index contributed by atoms with van der Waals surface area (Å²) in [5.41, 5.74) is 2.28. The Hall–Kier alpha value is -2.04. The monoisotopic (exact) mass is 248 g/mol. The van der Waals surface area contributed by atoms with Gasteiger partial charge in [0.15, 0.2) is 0 Å². The predicted octanol–water partition coefficient (Wildman–Crippen LogP) is 1.34. The Bertz CT molecular complexity index is 516. The zero-order chi connectivity index (χ0) is 13.3. The molecule has 0 radical (unpaired) electrons. The summed E-state index contributed by atoms with van der Waals surface area (Å²) >= 11 is 0. The van der Waals surface area contributed by atoms with E-state index >= 15 is 0 Å². The normalized spacial score (nSPS) is 19.0. The number of carbonyl (C=O) groups excluding carboxylic acids is 1. The molecule has 0 fully saturated rings. The first-order chi connectivity index (χ1) is 8.50. The largest absolute Gasteiger partial charge is 0.478 e. The van der Waals surface area contributed by atoms with Crippen LogP contribution in [0, 0.1) is 6.92 Å². The fourth-order valence-corrected chi connectivity index (χ4v) is 2.36. The molecule has 0 aliphatic carbocycles. The van der Waals surface area contributed by atoms with Crippen LogP contribution in [0.3, 0.4) is 0 Å². The maximum Gasteiger partial charge on any atom is 0.328 e. The van der Waals surface area contributed by atoms with E-state index in [1.165, 1.54) is 5.69 Å². The Morgan fingerprint density at radius 3 is 2.72 bits per heavy atom. The zero-order valence-electron chi connectivity index (χ0n) is 10.5. The van der Waals surface area contributed by atoms with Crippen LogP contribution < -0.4 is 0 Å². The lowest BCUT2D eigenvalue weighted by molar-refractivity contribution is -0.133. The van der Waals surface area contributed by atoms with Crippen molar-refractivity contribution in [1.82, 2.24) is 9.47 Å². The topological polar surface area (TPSA) is 62.5 Å². The molecule has 0 bridgehead atoms. The summed E-state index contributed by atoms with van der Waals surface area (Å²) in [7, 11) is 0. The third-order valence-corrected chi connectivity index (χ3v) is 3.34. The average Bonchev–Trinajstić information content (AvgIpc) is 2.69. The molecule has 1 aliphatic heterocycles. The van der Waals surface area contributed by atoms with Crippen molar-refractivity contribution in [3.05, 3.63) is 35.7 Å². The van der Waals surface area contributed by atoms with Crippen LogP contribution in [0.5, 0.6) is 0 Å². The van der Waals surface area contributed by atoms with Gasteiger partial charge in [0.05, 0.1) is 6.04 Å². The molecule has 1 aromatic rings. The second kappa shape index (κ2) is 4.68. The summed E-state index contributed by atoms with van der Waals surface area (Å²) in [5, 5.41) is 8.53. The van der Waals surface area contributed by atoms with E-state index in [-0.39, 0.29) is 11.9 Å². The molecule has 1 N–H and O–H groups in total. The Labute approximate surface area is 105 Å². The van der Waals surface area contributed by atoms with E-state index in [2.05, 4.69) is 4.57 Å². The summed E-state index contributed by atoms with van der Waals surface area (Å²) in [5.74, 6) is -1.36. The summed E-state index contributed by atoms with van der Waals surface area (Å²) in [6, 6.07) is 4.02. The van der Waals surface area contributed by atoms with E-state index in [1.807, 2.05) is 26.0 Å². The molecule has 18 heavy (non-hydrogen) atoms. The first-order valence-corrected chi connectivity index (χ1v) is 5.88. The molecule has 1 aliphatic rings. The summed E-state index contributed by atoms with van der Waals surface area (Å²) in [4.78, 5) is 24.0. The molecule has 1 amide bonds. The van der Waals surface area contributed by atoms with Gasteiger partial charge in [-0.25, -0.2) is 4.79 Å². The van der Waals surface area contributed by atoms with Crippen molar-refractivity contribution in [2.45, 2.75) is 26.4 Å². The van der Waals surface area contributed by atoms with Gasteiger partial charge in [-0.05, 0) is 26.0 Å². The van der Waals surface area contributed by atoms with E-state index in [9.17, 15) is 9.59 Å². The molecule has 0 aromatic carbocycles. The van der Waals surface area contributed by atoms with Crippen LogP contribution in [-0.4, -0.2) is 33.0 Å². The molecular formula is C13H16N2O3. The van der Waals surface area contributed by atoms with Crippen molar-refractivity contribution >= 4 is 11.9 Å². The van der Waals surface area contributed by atoms with Gasteiger partial charge in [0.2, 0.25) is 5.91 Å². The fraction of sp³-hybridized carbons (Fsp3) is 0.385. The molecule has 96 valence electrons. The van der Waals surface area contributed by atoms with Gasteiger partial charge in [-0.3, -0.25) is 4.79 Å². The molecule has 0 saturated carbocycles. The second-order valence-corrected chi connectivity index (χ2v) is 4.43. The minimum absolute atomic E-state index is 0.0293. The number of fused-ring (bicyclic) bond motifs is 1. The van der Waals surface area contributed by atoms with Crippen LogP contribution in [0.2, 0.25) is 0 Å². The lowest BCUT2D eigenvalue weighted by Gasteiger charge is -2.34. The van der Waals surface area contributed by atoms with Gasteiger partial charge < -0.3 is 14.6 Å². The number of carboxylic acids is 1. The highest BCUT2D eigenvalue weighted by atomic mass is 16.4. The number of hydrogen-bond acceptors (Lipinski definition) is 2. The van der Waals surface area contributed by atoms with E-state index in [4.69, 9.17) is 5.11 Å². The molecule has 0 saturated heterocycles. The molecule has 1 atom stereocenters. The third-order valence-electron chi connectivity index (χ3n) is 3.34. The van der Waals surface area contributed by atoms with Crippen LogP contribution >= 0.6 is 0 Å². The van der Waals surface area contributed by atoms with Crippen molar-refractivity contribution in [3.8, 4) is 0 Å². The SMILES string of the molecule is Cc1ccc2n1CCN(C(=O)/C=C/C(=O)O)C2C. The van der Waals surface area contributed by atoms with Gasteiger partial charge in [-0.2, -0.15) is 0 Å². The summed E-state index contributed by atoms with van der Waals surface area (Å²) in [6.07, 6.45) is 2.00. The predicted molar refractivity (Wildman–Crippen MR) is 66.1 cm³/mol. The fourth-order valence-electron chi connectivity index (χ4n) is 2.36. The molecule has 2 heterocycles. The highest BCUT2D eigenvalue weighted by molar-refractivity contribution is 5.94. The molecule has 1 aromatic heterocycles. The van der Waals surface area contributed by atoms with Crippen LogP contribution in [0.15, 0.2) is 24.3 Å². The van der Waals surface area contributed by atoms with Crippen LogP contribution in [0.25, 0.3) is 0 Å². The van der Waals surface area contributed by atoms with Crippen molar-refractivity contribution in [2.24, 2.45) is 0 Å². The molecule has 2 rings (SSSR count). The van der Waals surface area contributed by atoms with Gasteiger partial charge >= 0.3 is 5.97 Å². The smallest absolute Gasteiger partial charge is 0.328 e. The Morgan fingerprint density at radius 1 is 1.33 bits per heavy atom. The van der Waals surface area contributed by atoms with Crippen LogP contribution in [0.4, 0.5) is 0 Å². The lowest BCUT2D eigenvalue weighted by Crippen LogP contribution is -2.40. The number of aliphatic carboxylic acids is 1. The molecule has 1 unspecified atom stereocenters. The molecule has 5 heteroatoms. The maximum atomic E-state index is 11.9. The number of amides is 1. The molecular weight excluding hydrogens is 232 g/mol. The second-order valence-electron chi connectivity index (χ2n) is 4.43. The van der Waals surface area contributed by atoms with Gasteiger partial charge in [0.25, 0.3) is 0 Å². The van der Waals surface area contributed by atoms with E-state index in [0.717, 1.165) is 24.4 Å². The summed E-state index contributed by atoms with van der Waals surface area (Å²) < 4.78 is 2.19.